The smallest absolute Gasteiger partial charge is 0.261 e. The molecule has 4 atom stereocenters. The van der Waals surface area contributed by atoms with Crippen LogP contribution in [0, 0.1) is 0 Å². The van der Waals surface area contributed by atoms with Crippen LogP contribution in [0.3, 0.4) is 0 Å². The third-order valence-corrected chi connectivity index (χ3v) is 10.5. The fourth-order valence-corrected chi connectivity index (χ4v) is 8.65. The lowest BCUT2D eigenvalue weighted by molar-refractivity contribution is -0.139. The first-order chi connectivity index (χ1) is 13.3. The zero-order chi connectivity index (χ0) is 20.4. The number of aliphatic hydroxyl groups excluding tert-OH is 2. The van der Waals surface area contributed by atoms with Crippen molar-refractivity contribution in [1.29, 1.82) is 0 Å². The average Bonchev–Trinajstić information content (AvgIpc) is 2.95. The first kappa shape index (κ1) is 21.2. The number of methoxy groups -OCH3 is 1. The quantitative estimate of drug-likeness (QED) is 0.720. The van der Waals surface area contributed by atoms with Gasteiger partial charge in [0.2, 0.25) is 0 Å². The van der Waals surface area contributed by atoms with Crippen molar-refractivity contribution >= 4 is 18.7 Å². The summed E-state index contributed by atoms with van der Waals surface area (Å²) < 4.78 is 17.4. The zero-order valence-electron chi connectivity index (χ0n) is 16.9. The number of aliphatic hydroxyl groups is 2. The SMILES string of the molecule is CO[C@@H]1[C@@H](O)[C@@H](CO[Si](c2ccccc2)(c2ccccc2)C(C)(C)C)O[C@H]1O. The van der Waals surface area contributed by atoms with Crippen molar-refractivity contribution in [2.45, 2.75) is 50.4 Å². The van der Waals surface area contributed by atoms with E-state index in [2.05, 4.69) is 45.0 Å². The highest BCUT2D eigenvalue weighted by Crippen LogP contribution is 2.37. The molecule has 1 aliphatic heterocycles. The summed E-state index contributed by atoms with van der Waals surface area (Å²) in [6.45, 7) is 6.75. The van der Waals surface area contributed by atoms with Gasteiger partial charge in [-0.1, -0.05) is 81.4 Å². The van der Waals surface area contributed by atoms with Gasteiger partial charge in [0.1, 0.15) is 18.3 Å². The minimum absolute atomic E-state index is 0.168. The first-order valence-corrected chi connectivity index (χ1v) is 11.5. The summed E-state index contributed by atoms with van der Waals surface area (Å²) in [6.07, 6.45) is -3.53. The zero-order valence-corrected chi connectivity index (χ0v) is 17.9. The summed E-state index contributed by atoms with van der Waals surface area (Å²) in [7, 11) is -1.26. The van der Waals surface area contributed by atoms with Gasteiger partial charge in [0, 0.05) is 7.11 Å². The van der Waals surface area contributed by atoms with E-state index in [1.54, 1.807) is 0 Å². The summed E-state index contributed by atoms with van der Waals surface area (Å²) in [5, 5.41) is 22.6. The molecule has 1 saturated heterocycles. The molecule has 5 nitrogen and oxygen atoms in total. The van der Waals surface area contributed by atoms with Gasteiger partial charge in [-0.15, -0.1) is 0 Å². The van der Waals surface area contributed by atoms with Crippen LogP contribution >= 0.6 is 0 Å². The Morgan fingerprint density at radius 3 is 1.82 bits per heavy atom. The maximum Gasteiger partial charge on any atom is 0.261 e. The molecule has 0 spiro atoms. The fourth-order valence-electron chi connectivity index (χ4n) is 4.08. The molecule has 0 saturated carbocycles. The van der Waals surface area contributed by atoms with E-state index in [4.69, 9.17) is 13.9 Å². The number of hydrogen-bond acceptors (Lipinski definition) is 5. The van der Waals surface area contributed by atoms with Gasteiger partial charge in [-0.25, -0.2) is 0 Å². The van der Waals surface area contributed by atoms with Crippen LogP contribution in [0.15, 0.2) is 60.7 Å². The van der Waals surface area contributed by atoms with Crippen molar-refractivity contribution in [3.8, 4) is 0 Å². The maximum atomic E-state index is 10.5. The van der Waals surface area contributed by atoms with Crippen LogP contribution in [0.1, 0.15) is 20.8 Å². The predicted octanol–water partition coefficient (Wildman–Crippen LogP) is 1.66. The summed E-state index contributed by atoms with van der Waals surface area (Å²) in [4.78, 5) is 0. The van der Waals surface area contributed by atoms with Gasteiger partial charge in [-0.3, -0.25) is 0 Å². The van der Waals surface area contributed by atoms with Crippen molar-refractivity contribution in [3.63, 3.8) is 0 Å². The number of hydrogen-bond donors (Lipinski definition) is 2. The Morgan fingerprint density at radius 2 is 1.43 bits per heavy atom. The van der Waals surface area contributed by atoms with Crippen molar-refractivity contribution in [2.75, 3.05) is 13.7 Å². The Labute approximate surface area is 168 Å². The molecule has 2 N–H and O–H groups in total. The van der Waals surface area contributed by atoms with E-state index in [0.29, 0.717) is 0 Å². The van der Waals surface area contributed by atoms with Gasteiger partial charge in [0.25, 0.3) is 8.32 Å². The van der Waals surface area contributed by atoms with Crippen molar-refractivity contribution in [3.05, 3.63) is 60.7 Å². The Kier molecular flexibility index (Phi) is 6.39. The molecule has 152 valence electrons. The van der Waals surface area contributed by atoms with E-state index in [0.717, 1.165) is 10.4 Å². The Bertz CT molecular complexity index is 707. The van der Waals surface area contributed by atoms with Gasteiger partial charge < -0.3 is 24.1 Å². The lowest BCUT2D eigenvalue weighted by Gasteiger charge is -2.43. The van der Waals surface area contributed by atoms with E-state index >= 15 is 0 Å². The third-order valence-electron chi connectivity index (χ3n) is 5.47. The monoisotopic (exact) mass is 402 g/mol. The molecule has 3 rings (SSSR count). The van der Waals surface area contributed by atoms with E-state index in [-0.39, 0.29) is 11.6 Å². The molecular weight excluding hydrogens is 372 g/mol. The molecule has 1 fully saturated rings. The minimum atomic E-state index is -2.71. The van der Waals surface area contributed by atoms with Gasteiger partial charge in [-0.2, -0.15) is 0 Å². The van der Waals surface area contributed by atoms with Crippen LogP contribution in [0.25, 0.3) is 0 Å². The van der Waals surface area contributed by atoms with Crippen molar-refractivity contribution in [1.82, 2.24) is 0 Å². The first-order valence-electron chi connectivity index (χ1n) is 9.60. The second-order valence-corrected chi connectivity index (χ2v) is 12.5. The third kappa shape index (κ3) is 3.81. The second kappa shape index (κ2) is 8.45. The van der Waals surface area contributed by atoms with Crippen molar-refractivity contribution in [2.24, 2.45) is 0 Å². The normalized spacial score (nSPS) is 25.8. The Hall–Kier alpha value is -1.54. The second-order valence-electron chi connectivity index (χ2n) is 8.23. The van der Waals surface area contributed by atoms with Gasteiger partial charge in [0.05, 0.1) is 6.61 Å². The molecule has 0 radical (unpaired) electrons. The molecule has 1 heterocycles. The highest BCUT2D eigenvalue weighted by Gasteiger charge is 2.52. The van der Waals surface area contributed by atoms with Gasteiger partial charge >= 0.3 is 0 Å². The van der Waals surface area contributed by atoms with E-state index in [1.165, 1.54) is 7.11 Å². The van der Waals surface area contributed by atoms with Crippen LogP contribution < -0.4 is 10.4 Å². The van der Waals surface area contributed by atoms with Crippen LogP contribution in [0.2, 0.25) is 5.04 Å². The van der Waals surface area contributed by atoms with Crippen LogP contribution in [-0.4, -0.2) is 56.8 Å². The molecule has 6 heteroatoms. The molecule has 0 aromatic heterocycles. The molecule has 0 bridgehead atoms. The number of ether oxygens (including phenoxy) is 2. The van der Waals surface area contributed by atoms with E-state index in [9.17, 15) is 10.2 Å². The topological polar surface area (TPSA) is 68.2 Å². The molecule has 0 amide bonds. The lowest BCUT2D eigenvalue weighted by Crippen LogP contribution is -2.67. The summed E-state index contributed by atoms with van der Waals surface area (Å²) in [5.74, 6) is 0. The molecular formula is C22H30O5Si. The van der Waals surface area contributed by atoms with Crippen molar-refractivity contribution < 1.29 is 24.1 Å². The van der Waals surface area contributed by atoms with E-state index in [1.807, 2.05) is 36.4 Å². The maximum absolute atomic E-state index is 10.5. The minimum Gasteiger partial charge on any atom is -0.405 e. The summed E-state index contributed by atoms with van der Waals surface area (Å²) in [6, 6.07) is 20.6. The molecule has 1 aliphatic rings. The number of rotatable bonds is 6. The fraction of sp³-hybridized carbons (Fsp3) is 0.455. The molecule has 0 aliphatic carbocycles. The Balaban J connectivity index is 2.00. The summed E-state index contributed by atoms with van der Waals surface area (Å²) in [5.41, 5.74) is 0. The lowest BCUT2D eigenvalue weighted by atomic mass is 10.1. The van der Waals surface area contributed by atoms with E-state index < -0.39 is 32.9 Å². The van der Waals surface area contributed by atoms with Crippen LogP contribution in [-0.2, 0) is 13.9 Å². The highest BCUT2D eigenvalue weighted by molar-refractivity contribution is 6.99. The van der Waals surface area contributed by atoms with Crippen LogP contribution in [0.4, 0.5) is 0 Å². The largest absolute Gasteiger partial charge is 0.405 e. The van der Waals surface area contributed by atoms with Gasteiger partial charge in [0.15, 0.2) is 6.29 Å². The van der Waals surface area contributed by atoms with Gasteiger partial charge in [-0.05, 0) is 15.4 Å². The standard InChI is InChI=1S/C22H30O5Si/c1-22(2,3)28(16-11-7-5-8-12-16,17-13-9-6-10-14-17)26-15-18-19(23)20(25-4)21(24)27-18/h5-14,18-21,23-24H,15H2,1-4H3/t18-,19+,20-,21-/m1/s1. The predicted molar refractivity (Wildman–Crippen MR) is 111 cm³/mol. The summed E-state index contributed by atoms with van der Waals surface area (Å²) >= 11 is 0. The molecule has 2 aromatic rings. The molecule has 0 unspecified atom stereocenters. The highest BCUT2D eigenvalue weighted by atomic mass is 28.4. The molecule has 28 heavy (non-hydrogen) atoms. The molecule has 2 aromatic carbocycles. The number of benzene rings is 2. The Morgan fingerprint density at radius 1 is 0.929 bits per heavy atom. The average molecular weight is 403 g/mol. The van der Waals surface area contributed by atoms with Crippen LogP contribution in [0.5, 0.6) is 0 Å².